The van der Waals surface area contributed by atoms with Crippen molar-refractivity contribution in [1.29, 1.82) is 0 Å². The van der Waals surface area contributed by atoms with E-state index in [0.717, 1.165) is 24.1 Å². The zero-order chi connectivity index (χ0) is 15.7. The van der Waals surface area contributed by atoms with Crippen LogP contribution in [0, 0.1) is 19.8 Å². The number of carbonyl (C=O) groups excluding carboxylic acids is 2. The minimum absolute atomic E-state index is 0.0270. The first-order chi connectivity index (χ1) is 10.5. The van der Waals surface area contributed by atoms with E-state index in [1.807, 2.05) is 30.9 Å². The number of rotatable bonds is 3. The summed E-state index contributed by atoms with van der Waals surface area (Å²) in [5, 5.41) is 2.99. The summed E-state index contributed by atoms with van der Waals surface area (Å²) in [5.74, 6) is -0.0951. The molecule has 0 spiro atoms. The Hall–Kier alpha value is -1.84. The van der Waals surface area contributed by atoms with E-state index in [4.69, 9.17) is 0 Å². The Morgan fingerprint density at radius 2 is 1.95 bits per heavy atom. The van der Waals surface area contributed by atoms with Crippen molar-refractivity contribution in [3.05, 3.63) is 29.3 Å². The maximum absolute atomic E-state index is 12.5. The zero-order valence-corrected chi connectivity index (χ0v) is 13.4. The van der Waals surface area contributed by atoms with Gasteiger partial charge in [0.15, 0.2) is 0 Å². The third kappa shape index (κ3) is 3.01. The minimum Gasteiger partial charge on any atom is -0.339 e. The molecule has 22 heavy (non-hydrogen) atoms. The number of aryl methyl sites for hydroxylation is 2. The molecule has 2 fully saturated rings. The lowest BCUT2D eigenvalue weighted by Gasteiger charge is -2.24. The Kier molecular flexibility index (Phi) is 4.19. The average Bonchev–Trinajstić information content (AvgIpc) is 3.10. The molecule has 0 radical (unpaired) electrons. The van der Waals surface area contributed by atoms with Crippen LogP contribution in [0.4, 0.5) is 5.69 Å². The maximum atomic E-state index is 12.5. The van der Waals surface area contributed by atoms with Crippen molar-refractivity contribution in [2.75, 3.05) is 11.9 Å². The van der Waals surface area contributed by atoms with Crippen molar-refractivity contribution in [2.24, 2.45) is 5.92 Å². The Bertz CT molecular complexity index is 591. The third-order valence-corrected chi connectivity index (χ3v) is 4.93. The fourth-order valence-electron chi connectivity index (χ4n) is 3.66. The number of amides is 2. The van der Waals surface area contributed by atoms with Crippen LogP contribution < -0.4 is 5.32 Å². The molecule has 1 atom stereocenters. The molecule has 0 bridgehead atoms. The van der Waals surface area contributed by atoms with Crippen molar-refractivity contribution >= 4 is 17.5 Å². The minimum atomic E-state index is -0.214. The first kappa shape index (κ1) is 15.1. The van der Waals surface area contributed by atoms with Gasteiger partial charge in [0.25, 0.3) is 0 Å². The van der Waals surface area contributed by atoms with Gasteiger partial charge >= 0.3 is 0 Å². The first-order valence-electron chi connectivity index (χ1n) is 8.22. The Morgan fingerprint density at radius 1 is 1.23 bits per heavy atom. The number of likely N-dealkylation sites (tertiary alicyclic amines) is 1. The molecule has 4 nitrogen and oxygen atoms in total. The molecule has 0 unspecified atom stereocenters. The van der Waals surface area contributed by atoms with E-state index >= 15 is 0 Å². The Labute approximate surface area is 131 Å². The topological polar surface area (TPSA) is 49.4 Å². The summed E-state index contributed by atoms with van der Waals surface area (Å²) in [5.41, 5.74) is 3.09. The monoisotopic (exact) mass is 300 g/mol. The first-order valence-corrected chi connectivity index (χ1v) is 8.22. The average molecular weight is 300 g/mol. The predicted octanol–water partition coefficient (Wildman–Crippen LogP) is 3.03. The molecule has 0 aromatic heterocycles. The molecule has 1 saturated heterocycles. The number of benzene rings is 1. The lowest BCUT2D eigenvalue weighted by Crippen LogP contribution is -2.35. The number of nitrogens with one attached hydrogen (secondary N) is 1. The lowest BCUT2D eigenvalue weighted by atomic mass is 10.1. The molecule has 118 valence electrons. The number of hydrogen-bond donors (Lipinski definition) is 1. The molecule has 1 aliphatic heterocycles. The summed E-state index contributed by atoms with van der Waals surface area (Å²) in [6.45, 7) is 4.61. The summed E-state index contributed by atoms with van der Waals surface area (Å²) in [7, 11) is 0. The van der Waals surface area contributed by atoms with E-state index in [2.05, 4.69) is 11.4 Å². The quantitative estimate of drug-likeness (QED) is 0.933. The predicted molar refractivity (Wildman–Crippen MR) is 86.6 cm³/mol. The molecule has 1 N–H and O–H groups in total. The normalized spacial score (nSPS) is 22.4. The van der Waals surface area contributed by atoms with Crippen LogP contribution in [0.5, 0.6) is 0 Å². The van der Waals surface area contributed by atoms with E-state index in [1.165, 1.54) is 18.4 Å². The van der Waals surface area contributed by atoms with Gasteiger partial charge in [-0.3, -0.25) is 9.59 Å². The summed E-state index contributed by atoms with van der Waals surface area (Å²) < 4.78 is 0. The van der Waals surface area contributed by atoms with Crippen molar-refractivity contribution in [1.82, 2.24) is 4.90 Å². The van der Waals surface area contributed by atoms with Crippen molar-refractivity contribution in [3.63, 3.8) is 0 Å². The number of carbonyl (C=O) groups is 2. The van der Waals surface area contributed by atoms with Gasteiger partial charge < -0.3 is 10.2 Å². The fourth-order valence-corrected chi connectivity index (χ4v) is 3.66. The highest BCUT2D eigenvalue weighted by molar-refractivity contribution is 5.97. The van der Waals surface area contributed by atoms with E-state index in [0.29, 0.717) is 19.0 Å². The molecule has 2 aliphatic rings. The van der Waals surface area contributed by atoms with Gasteiger partial charge in [-0.1, -0.05) is 30.5 Å². The molecular weight excluding hydrogens is 276 g/mol. The third-order valence-electron chi connectivity index (χ3n) is 4.93. The molecule has 1 heterocycles. The second-order valence-corrected chi connectivity index (χ2v) is 6.69. The van der Waals surface area contributed by atoms with Gasteiger partial charge in [0, 0.05) is 24.7 Å². The summed E-state index contributed by atoms with van der Waals surface area (Å²) in [4.78, 5) is 26.6. The standard InChI is InChI=1S/C18H24N2O2/c1-12-7-8-16(13(2)9-12)19-18(22)14-10-17(21)20(11-14)15-5-3-4-6-15/h7-9,14-15H,3-6,10-11H2,1-2H3,(H,19,22)/t14-/m1/s1. The van der Waals surface area contributed by atoms with Gasteiger partial charge in [-0.25, -0.2) is 0 Å². The Morgan fingerprint density at radius 3 is 2.64 bits per heavy atom. The van der Waals surface area contributed by atoms with E-state index in [-0.39, 0.29) is 17.7 Å². The molecule has 1 aromatic rings. The van der Waals surface area contributed by atoms with Crippen LogP contribution in [-0.2, 0) is 9.59 Å². The van der Waals surface area contributed by atoms with Crippen LogP contribution in [0.3, 0.4) is 0 Å². The highest BCUT2D eigenvalue weighted by Gasteiger charge is 2.38. The Balaban J connectivity index is 1.64. The largest absolute Gasteiger partial charge is 0.339 e. The van der Waals surface area contributed by atoms with Crippen molar-refractivity contribution in [3.8, 4) is 0 Å². The van der Waals surface area contributed by atoms with Gasteiger partial charge in [0.2, 0.25) is 11.8 Å². The maximum Gasteiger partial charge on any atom is 0.229 e. The molecular formula is C18H24N2O2. The highest BCUT2D eigenvalue weighted by atomic mass is 16.2. The molecule has 1 aromatic carbocycles. The summed E-state index contributed by atoms with van der Waals surface area (Å²) in [6.07, 6.45) is 4.95. The van der Waals surface area contributed by atoms with E-state index in [9.17, 15) is 9.59 Å². The number of hydrogen-bond acceptors (Lipinski definition) is 2. The van der Waals surface area contributed by atoms with Crippen LogP contribution in [0.2, 0.25) is 0 Å². The van der Waals surface area contributed by atoms with Crippen LogP contribution in [0.25, 0.3) is 0 Å². The van der Waals surface area contributed by atoms with Gasteiger partial charge in [0.05, 0.1) is 5.92 Å². The summed E-state index contributed by atoms with van der Waals surface area (Å²) >= 11 is 0. The second kappa shape index (κ2) is 6.11. The van der Waals surface area contributed by atoms with Crippen molar-refractivity contribution < 1.29 is 9.59 Å². The SMILES string of the molecule is Cc1ccc(NC(=O)[C@@H]2CC(=O)N(C3CCCC3)C2)c(C)c1. The van der Waals surface area contributed by atoms with Gasteiger partial charge in [-0.15, -0.1) is 0 Å². The van der Waals surface area contributed by atoms with Crippen LogP contribution in [-0.4, -0.2) is 29.3 Å². The molecule has 4 heteroatoms. The van der Waals surface area contributed by atoms with Crippen LogP contribution >= 0.6 is 0 Å². The van der Waals surface area contributed by atoms with Crippen molar-refractivity contribution in [2.45, 2.75) is 52.0 Å². The molecule has 2 amide bonds. The molecule has 1 saturated carbocycles. The lowest BCUT2D eigenvalue weighted by molar-refractivity contribution is -0.129. The zero-order valence-electron chi connectivity index (χ0n) is 13.4. The number of nitrogens with zero attached hydrogens (tertiary/aromatic N) is 1. The smallest absolute Gasteiger partial charge is 0.229 e. The van der Waals surface area contributed by atoms with E-state index in [1.54, 1.807) is 0 Å². The van der Waals surface area contributed by atoms with E-state index < -0.39 is 0 Å². The van der Waals surface area contributed by atoms with Gasteiger partial charge in [-0.2, -0.15) is 0 Å². The fraction of sp³-hybridized carbons (Fsp3) is 0.556. The van der Waals surface area contributed by atoms with Gasteiger partial charge in [-0.05, 0) is 38.3 Å². The van der Waals surface area contributed by atoms with Gasteiger partial charge in [0.1, 0.15) is 0 Å². The molecule has 1 aliphatic carbocycles. The molecule has 3 rings (SSSR count). The van der Waals surface area contributed by atoms with Crippen LogP contribution in [0.1, 0.15) is 43.2 Å². The number of anilines is 1. The highest BCUT2D eigenvalue weighted by Crippen LogP contribution is 2.30. The van der Waals surface area contributed by atoms with Crippen LogP contribution in [0.15, 0.2) is 18.2 Å². The summed E-state index contributed by atoms with van der Waals surface area (Å²) in [6, 6.07) is 6.35. The second-order valence-electron chi connectivity index (χ2n) is 6.69.